The van der Waals surface area contributed by atoms with Crippen LogP contribution in [0, 0.1) is 16.7 Å². The quantitative estimate of drug-likeness (QED) is 0.832. The summed E-state index contributed by atoms with van der Waals surface area (Å²) in [6, 6.07) is 18.7. The van der Waals surface area contributed by atoms with E-state index in [9.17, 15) is 5.11 Å². The molecule has 0 radical (unpaired) electrons. The Hall–Kier alpha value is -1.60. The van der Waals surface area contributed by atoms with Crippen LogP contribution in [0.15, 0.2) is 54.6 Å². The van der Waals surface area contributed by atoms with Gasteiger partial charge in [-0.2, -0.15) is 0 Å². The second kappa shape index (κ2) is 4.71. The lowest BCUT2D eigenvalue weighted by molar-refractivity contribution is 0.131. The maximum Gasteiger partial charge on any atom is 0.0828 e. The van der Waals surface area contributed by atoms with Crippen molar-refractivity contribution < 1.29 is 5.11 Å². The van der Waals surface area contributed by atoms with E-state index >= 15 is 0 Å². The van der Waals surface area contributed by atoms with E-state index < -0.39 is 0 Å². The summed E-state index contributed by atoms with van der Waals surface area (Å²) in [5, 5.41) is 10.7. The number of benzene rings is 2. The molecule has 3 rings (SSSR count). The predicted octanol–water partition coefficient (Wildman–Crippen LogP) is 5.07. The zero-order chi connectivity index (χ0) is 15.3. The number of hydrogen-bond donors (Lipinski definition) is 1. The second-order valence-electron chi connectivity index (χ2n) is 7.35. The molecule has 0 aromatic heterocycles. The van der Waals surface area contributed by atoms with Crippen molar-refractivity contribution in [1.29, 1.82) is 0 Å². The van der Waals surface area contributed by atoms with Crippen LogP contribution >= 0.6 is 0 Å². The summed E-state index contributed by atoms with van der Waals surface area (Å²) < 4.78 is 0. The van der Waals surface area contributed by atoms with Gasteiger partial charge in [-0.25, -0.2) is 0 Å². The van der Waals surface area contributed by atoms with E-state index in [4.69, 9.17) is 0 Å². The maximum absolute atomic E-state index is 10.7. The molecule has 0 aliphatic heterocycles. The summed E-state index contributed by atoms with van der Waals surface area (Å²) in [5.41, 5.74) is 3.83. The molecule has 1 unspecified atom stereocenters. The highest BCUT2D eigenvalue weighted by Crippen LogP contribution is 2.72. The molecular formula is C20H24O. The van der Waals surface area contributed by atoms with Crippen molar-refractivity contribution in [2.45, 2.75) is 33.8 Å². The number of aliphatic hydroxyl groups is 1. The van der Waals surface area contributed by atoms with Gasteiger partial charge in [0, 0.05) is 5.92 Å². The van der Waals surface area contributed by atoms with Crippen molar-refractivity contribution in [2.75, 3.05) is 0 Å². The first-order valence-corrected chi connectivity index (χ1v) is 7.69. The summed E-state index contributed by atoms with van der Waals surface area (Å²) in [6.07, 6.45) is -0.375. The molecule has 1 fully saturated rings. The fraction of sp³-hybridized carbons (Fsp3) is 0.400. The summed E-state index contributed by atoms with van der Waals surface area (Å²) in [6.45, 7) is 9.00. The Kier molecular flexibility index (Phi) is 3.22. The lowest BCUT2D eigenvalue weighted by Gasteiger charge is -2.14. The minimum atomic E-state index is -0.375. The second-order valence-corrected chi connectivity index (χ2v) is 7.35. The molecule has 1 heteroatoms. The molecular weight excluding hydrogens is 256 g/mol. The van der Waals surface area contributed by atoms with E-state index in [1.807, 2.05) is 18.2 Å². The Morgan fingerprint density at radius 3 is 1.71 bits per heavy atom. The highest BCUT2D eigenvalue weighted by Gasteiger charge is 2.67. The number of rotatable bonds is 3. The first kappa shape index (κ1) is 14.3. The van der Waals surface area contributed by atoms with Gasteiger partial charge >= 0.3 is 0 Å². The molecule has 0 spiro atoms. The van der Waals surface area contributed by atoms with Gasteiger partial charge in [0.1, 0.15) is 0 Å². The Morgan fingerprint density at radius 1 is 0.762 bits per heavy atom. The maximum atomic E-state index is 10.7. The van der Waals surface area contributed by atoms with Crippen molar-refractivity contribution in [2.24, 2.45) is 16.7 Å². The van der Waals surface area contributed by atoms with E-state index in [0.29, 0.717) is 5.92 Å². The molecule has 1 atom stereocenters. The summed E-state index contributed by atoms with van der Waals surface area (Å²) in [4.78, 5) is 0. The topological polar surface area (TPSA) is 20.2 Å². The molecule has 0 heterocycles. The van der Waals surface area contributed by atoms with Gasteiger partial charge in [0.2, 0.25) is 0 Å². The Balaban J connectivity index is 1.83. The average molecular weight is 280 g/mol. The van der Waals surface area contributed by atoms with Crippen molar-refractivity contribution in [3.05, 3.63) is 60.2 Å². The van der Waals surface area contributed by atoms with Gasteiger partial charge in [0.25, 0.3) is 0 Å². The van der Waals surface area contributed by atoms with E-state index in [1.165, 1.54) is 11.1 Å². The minimum absolute atomic E-state index is 0.199. The third-order valence-corrected chi connectivity index (χ3v) is 5.81. The highest BCUT2D eigenvalue weighted by atomic mass is 16.3. The van der Waals surface area contributed by atoms with E-state index in [2.05, 4.69) is 64.1 Å². The zero-order valence-electron chi connectivity index (χ0n) is 13.3. The molecule has 1 aliphatic carbocycles. The lowest BCUT2D eigenvalue weighted by Crippen LogP contribution is -2.05. The summed E-state index contributed by atoms with van der Waals surface area (Å²) >= 11 is 0. The van der Waals surface area contributed by atoms with Crippen LogP contribution < -0.4 is 0 Å². The molecule has 0 saturated heterocycles. The van der Waals surface area contributed by atoms with Gasteiger partial charge in [-0.1, -0.05) is 82.3 Å². The number of hydrogen-bond acceptors (Lipinski definition) is 1. The van der Waals surface area contributed by atoms with Gasteiger partial charge in [0.05, 0.1) is 6.10 Å². The summed E-state index contributed by atoms with van der Waals surface area (Å²) in [7, 11) is 0. The molecule has 2 aromatic carbocycles. The standard InChI is InChI=1S/C20H24O/c1-19(2)18(20(19,3)4)17(21)16-12-10-15(11-13-16)14-8-6-5-7-9-14/h5-13,17-18,21H,1-4H3. The molecule has 0 bridgehead atoms. The zero-order valence-corrected chi connectivity index (χ0v) is 13.3. The molecule has 1 nitrogen and oxygen atoms in total. The van der Waals surface area contributed by atoms with Crippen molar-refractivity contribution in [1.82, 2.24) is 0 Å². The third kappa shape index (κ3) is 2.20. The molecule has 2 aromatic rings. The third-order valence-electron chi connectivity index (χ3n) is 5.81. The van der Waals surface area contributed by atoms with Gasteiger partial charge in [-0.15, -0.1) is 0 Å². The van der Waals surface area contributed by atoms with Crippen molar-refractivity contribution in [3.8, 4) is 11.1 Å². The van der Waals surface area contributed by atoms with Crippen LogP contribution in [0.2, 0.25) is 0 Å². The van der Waals surface area contributed by atoms with Crippen molar-refractivity contribution >= 4 is 0 Å². The Labute approximate surface area is 127 Å². The Morgan fingerprint density at radius 2 is 1.24 bits per heavy atom. The summed E-state index contributed by atoms with van der Waals surface area (Å²) in [5.74, 6) is 0.326. The van der Waals surface area contributed by atoms with E-state index in [0.717, 1.165) is 5.56 Å². The van der Waals surface area contributed by atoms with E-state index in [1.54, 1.807) is 0 Å². The normalized spacial score (nSPS) is 21.0. The molecule has 0 amide bonds. The van der Waals surface area contributed by atoms with Gasteiger partial charge < -0.3 is 5.11 Å². The van der Waals surface area contributed by atoms with Crippen LogP contribution in [-0.4, -0.2) is 5.11 Å². The van der Waals surface area contributed by atoms with Crippen molar-refractivity contribution in [3.63, 3.8) is 0 Å². The van der Waals surface area contributed by atoms with Crippen LogP contribution in [0.1, 0.15) is 39.4 Å². The molecule has 1 N–H and O–H groups in total. The van der Waals surface area contributed by atoms with Gasteiger partial charge in [-0.3, -0.25) is 0 Å². The lowest BCUT2D eigenvalue weighted by atomic mass is 9.97. The van der Waals surface area contributed by atoms with Crippen LogP contribution in [0.4, 0.5) is 0 Å². The highest BCUT2D eigenvalue weighted by molar-refractivity contribution is 5.63. The van der Waals surface area contributed by atoms with Crippen LogP contribution in [-0.2, 0) is 0 Å². The fourth-order valence-electron chi connectivity index (χ4n) is 3.73. The smallest absolute Gasteiger partial charge is 0.0828 e. The monoisotopic (exact) mass is 280 g/mol. The first-order valence-electron chi connectivity index (χ1n) is 7.69. The van der Waals surface area contributed by atoms with Gasteiger partial charge in [0.15, 0.2) is 0 Å². The Bertz CT molecular complexity index is 609. The fourth-order valence-corrected chi connectivity index (χ4v) is 3.73. The average Bonchev–Trinajstić information content (AvgIpc) is 2.89. The number of aliphatic hydroxyl groups excluding tert-OH is 1. The molecule has 1 saturated carbocycles. The predicted molar refractivity (Wildman–Crippen MR) is 87.9 cm³/mol. The van der Waals surface area contributed by atoms with Crippen LogP contribution in [0.3, 0.4) is 0 Å². The molecule has 110 valence electrons. The molecule has 21 heavy (non-hydrogen) atoms. The molecule has 1 aliphatic rings. The van der Waals surface area contributed by atoms with Crippen LogP contribution in [0.25, 0.3) is 11.1 Å². The minimum Gasteiger partial charge on any atom is -0.388 e. The van der Waals surface area contributed by atoms with Crippen LogP contribution in [0.5, 0.6) is 0 Å². The SMILES string of the molecule is CC1(C)C(C(O)c2ccc(-c3ccccc3)cc2)C1(C)C. The van der Waals surface area contributed by atoms with E-state index in [-0.39, 0.29) is 16.9 Å². The van der Waals surface area contributed by atoms with Gasteiger partial charge in [-0.05, 0) is 27.5 Å². The first-order chi connectivity index (χ1) is 9.85. The largest absolute Gasteiger partial charge is 0.388 e.